The Balaban J connectivity index is 1.82. The van der Waals surface area contributed by atoms with Crippen molar-refractivity contribution in [1.82, 2.24) is 5.32 Å². The second-order valence-electron chi connectivity index (χ2n) is 6.52. The topological polar surface area (TPSA) is 66.6 Å². The summed E-state index contributed by atoms with van der Waals surface area (Å²) >= 11 is 0. The van der Waals surface area contributed by atoms with Gasteiger partial charge in [-0.25, -0.2) is 0 Å². The predicted octanol–water partition coefficient (Wildman–Crippen LogP) is 0.908. The molecule has 1 aromatic carbocycles. The largest absolute Gasteiger partial charge is 0.494 e. The van der Waals surface area contributed by atoms with Crippen molar-refractivity contribution in [2.45, 2.75) is 38.8 Å². The lowest BCUT2D eigenvalue weighted by Gasteiger charge is -2.23. The van der Waals surface area contributed by atoms with Crippen LogP contribution >= 0.6 is 0 Å². The molecular formula is C18H26N3O2+. The first-order chi connectivity index (χ1) is 11.0. The van der Waals surface area contributed by atoms with Crippen LogP contribution < -0.4 is 15.0 Å². The van der Waals surface area contributed by atoms with E-state index in [1.165, 1.54) is 0 Å². The van der Waals surface area contributed by atoms with E-state index in [1.807, 2.05) is 45.2 Å². The summed E-state index contributed by atoms with van der Waals surface area (Å²) in [7, 11) is 1.98. The Morgan fingerprint density at radius 3 is 2.61 bits per heavy atom. The maximum Gasteiger partial charge on any atom is 0.276 e. The Kier molecular flexibility index (Phi) is 5.62. The number of quaternary nitrogens is 1. The molecule has 1 saturated carbocycles. The molecule has 0 aromatic heterocycles. The molecule has 0 bridgehead atoms. The minimum absolute atomic E-state index is 0.0654. The number of rotatable bonds is 8. The van der Waals surface area contributed by atoms with Gasteiger partial charge in [0.05, 0.1) is 19.7 Å². The smallest absolute Gasteiger partial charge is 0.276 e. The zero-order valence-corrected chi connectivity index (χ0v) is 14.2. The highest BCUT2D eigenvalue weighted by Gasteiger charge is 2.43. The highest BCUT2D eigenvalue weighted by atomic mass is 16.5. The van der Waals surface area contributed by atoms with Gasteiger partial charge in [-0.1, -0.05) is 0 Å². The molecule has 23 heavy (non-hydrogen) atoms. The zero-order chi connectivity index (χ0) is 16.9. The van der Waals surface area contributed by atoms with Gasteiger partial charge in [-0.3, -0.25) is 4.79 Å². The number of ether oxygens (including phenoxy) is 1. The van der Waals surface area contributed by atoms with Crippen molar-refractivity contribution in [3.63, 3.8) is 0 Å². The number of benzene rings is 1. The molecule has 1 aromatic rings. The van der Waals surface area contributed by atoms with Crippen LogP contribution in [0.3, 0.4) is 0 Å². The van der Waals surface area contributed by atoms with E-state index in [0.717, 1.165) is 35.6 Å². The number of nitriles is 1. The van der Waals surface area contributed by atoms with Crippen LogP contribution in [0, 0.1) is 17.2 Å². The molecule has 5 nitrogen and oxygen atoms in total. The number of carbonyl (C=O) groups is 1. The summed E-state index contributed by atoms with van der Waals surface area (Å²) in [6.07, 6.45) is 2.05. The van der Waals surface area contributed by atoms with Crippen molar-refractivity contribution < 1.29 is 14.4 Å². The summed E-state index contributed by atoms with van der Waals surface area (Å²) in [5, 5.41) is 12.2. The van der Waals surface area contributed by atoms with Crippen molar-refractivity contribution >= 4 is 5.91 Å². The molecule has 0 heterocycles. The first-order valence-electron chi connectivity index (χ1n) is 8.22. The average Bonchev–Trinajstić information content (AvgIpc) is 3.34. The molecule has 2 atom stereocenters. The molecule has 2 N–H and O–H groups in total. The number of nitrogens with zero attached hydrogens (tertiary/aromatic N) is 1. The lowest BCUT2D eigenvalue weighted by Crippen LogP contribution is -3.09. The van der Waals surface area contributed by atoms with E-state index < -0.39 is 5.54 Å². The number of amides is 1. The molecule has 0 saturated heterocycles. The first kappa shape index (κ1) is 17.3. The Morgan fingerprint density at radius 1 is 1.43 bits per heavy atom. The third-order valence-corrected chi connectivity index (χ3v) is 4.23. The van der Waals surface area contributed by atoms with E-state index >= 15 is 0 Å². The van der Waals surface area contributed by atoms with Gasteiger partial charge >= 0.3 is 0 Å². The maximum absolute atomic E-state index is 12.2. The van der Waals surface area contributed by atoms with E-state index in [1.54, 1.807) is 0 Å². The summed E-state index contributed by atoms with van der Waals surface area (Å²) in [5.41, 5.74) is 0.445. The van der Waals surface area contributed by atoms with Crippen molar-refractivity contribution in [1.29, 1.82) is 5.26 Å². The van der Waals surface area contributed by atoms with E-state index in [-0.39, 0.29) is 5.91 Å². The monoisotopic (exact) mass is 316 g/mol. The molecule has 124 valence electrons. The van der Waals surface area contributed by atoms with Crippen LogP contribution in [0.4, 0.5) is 0 Å². The molecule has 2 rings (SSSR count). The lowest BCUT2D eigenvalue weighted by atomic mass is 9.98. The molecule has 0 aliphatic heterocycles. The minimum atomic E-state index is -0.712. The van der Waals surface area contributed by atoms with Gasteiger partial charge in [0.2, 0.25) is 0 Å². The summed E-state index contributed by atoms with van der Waals surface area (Å²) in [5.74, 6) is 1.10. The van der Waals surface area contributed by atoms with Crippen molar-refractivity contribution in [3.8, 4) is 11.8 Å². The van der Waals surface area contributed by atoms with Crippen LogP contribution in [0.25, 0.3) is 0 Å². The van der Waals surface area contributed by atoms with Crippen molar-refractivity contribution in [2.75, 3.05) is 20.2 Å². The third kappa shape index (κ3) is 4.97. The Bertz CT molecular complexity index is 575. The molecule has 1 fully saturated rings. The SMILES string of the molecule is CCOc1ccc(C[NH+](C)CC(=O)N[C@](C)(C#N)C2CC2)cc1. The van der Waals surface area contributed by atoms with Gasteiger partial charge in [0.1, 0.15) is 17.8 Å². The minimum Gasteiger partial charge on any atom is -0.494 e. The molecule has 1 aliphatic carbocycles. The number of hydrogen-bond donors (Lipinski definition) is 2. The van der Waals surface area contributed by atoms with Crippen LogP contribution in [0.5, 0.6) is 5.75 Å². The van der Waals surface area contributed by atoms with E-state index in [4.69, 9.17) is 4.74 Å². The fourth-order valence-corrected chi connectivity index (χ4v) is 2.77. The summed E-state index contributed by atoms with van der Waals surface area (Å²) in [6, 6.07) is 10.2. The summed E-state index contributed by atoms with van der Waals surface area (Å²) in [4.78, 5) is 13.3. The standard InChI is InChI=1S/C18H25N3O2/c1-4-23-16-9-5-14(6-10-16)11-21(3)12-17(22)20-18(2,13-19)15-7-8-15/h5-6,9-10,15H,4,7-8,11-12H2,1-3H3,(H,20,22)/p+1/t18-/m1/s1. The van der Waals surface area contributed by atoms with Gasteiger partial charge in [0.25, 0.3) is 5.91 Å². The fourth-order valence-electron chi connectivity index (χ4n) is 2.77. The van der Waals surface area contributed by atoms with Crippen LogP contribution in [0.15, 0.2) is 24.3 Å². The highest BCUT2D eigenvalue weighted by Crippen LogP contribution is 2.39. The Labute approximate surface area is 138 Å². The van der Waals surface area contributed by atoms with Crippen molar-refractivity contribution in [3.05, 3.63) is 29.8 Å². The predicted molar refractivity (Wildman–Crippen MR) is 88.0 cm³/mol. The molecule has 0 radical (unpaired) electrons. The molecule has 1 aliphatic rings. The summed E-state index contributed by atoms with van der Waals surface area (Å²) in [6.45, 7) is 5.55. The second kappa shape index (κ2) is 7.47. The number of hydrogen-bond acceptors (Lipinski definition) is 3. The zero-order valence-electron chi connectivity index (χ0n) is 14.2. The Morgan fingerprint density at radius 2 is 2.09 bits per heavy atom. The quantitative estimate of drug-likeness (QED) is 0.749. The van der Waals surface area contributed by atoms with Crippen molar-refractivity contribution in [2.24, 2.45) is 5.92 Å². The van der Waals surface area contributed by atoms with Crippen LogP contribution in [-0.4, -0.2) is 31.6 Å². The first-order valence-corrected chi connectivity index (χ1v) is 8.22. The molecule has 0 spiro atoms. The maximum atomic E-state index is 12.2. The molecule has 1 unspecified atom stereocenters. The van der Waals surface area contributed by atoms with Gasteiger partial charge in [-0.2, -0.15) is 5.26 Å². The average molecular weight is 316 g/mol. The van der Waals surface area contributed by atoms with Gasteiger partial charge in [-0.05, 0) is 56.9 Å². The Hall–Kier alpha value is -2.06. The summed E-state index contributed by atoms with van der Waals surface area (Å²) < 4.78 is 5.42. The van der Waals surface area contributed by atoms with Gasteiger partial charge in [0, 0.05) is 5.56 Å². The van der Waals surface area contributed by atoms with Crippen LogP contribution in [0.2, 0.25) is 0 Å². The van der Waals surface area contributed by atoms with E-state index in [0.29, 0.717) is 19.1 Å². The highest BCUT2D eigenvalue weighted by molar-refractivity contribution is 5.78. The van der Waals surface area contributed by atoms with Gasteiger partial charge < -0.3 is 15.0 Å². The molecule has 1 amide bonds. The van der Waals surface area contributed by atoms with E-state index in [9.17, 15) is 10.1 Å². The third-order valence-electron chi connectivity index (χ3n) is 4.23. The second-order valence-corrected chi connectivity index (χ2v) is 6.52. The number of carbonyl (C=O) groups excluding carboxylic acids is 1. The van der Waals surface area contributed by atoms with Crippen LogP contribution in [0.1, 0.15) is 32.3 Å². The number of nitrogens with one attached hydrogen (secondary N) is 2. The van der Waals surface area contributed by atoms with Gasteiger partial charge in [-0.15, -0.1) is 0 Å². The fraction of sp³-hybridized carbons (Fsp3) is 0.556. The molecular weight excluding hydrogens is 290 g/mol. The normalized spacial score (nSPS) is 17.7. The lowest BCUT2D eigenvalue weighted by molar-refractivity contribution is -0.885. The van der Waals surface area contributed by atoms with E-state index in [2.05, 4.69) is 11.4 Å². The molecule has 5 heteroatoms. The van der Waals surface area contributed by atoms with Crippen LogP contribution in [-0.2, 0) is 11.3 Å². The number of likely N-dealkylation sites (N-methyl/N-ethyl adjacent to an activating group) is 1. The van der Waals surface area contributed by atoms with Gasteiger partial charge in [0.15, 0.2) is 6.54 Å².